The van der Waals surface area contributed by atoms with Crippen LogP contribution in [-0.4, -0.2) is 23.6 Å². The molecule has 1 aromatic carbocycles. The Morgan fingerprint density at radius 2 is 2.00 bits per heavy atom. The monoisotopic (exact) mass is 272 g/mol. The fraction of sp³-hybridized carbons (Fsp3) is 0.111. The predicted octanol–water partition coefficient (Wildman–Crippen LogP) is 0.684. The SMILES string of the molecule is O=C(CNC(=O)c1ccccc1Br)NO. The lowest BCUT2D eigenvalue weighted by atomic mass is 10.2. The summed E-state index contributed by atoms with van der Waals surface area (Å²) in [6.45, 7) is -0.267. The van der Waals surface area contributed by atoms with Crippen LogP contribution < -0.4 is 10.8 Å². The van der Waals surface area contributed by atoms with E-state index in [4.69, 9.17) is 5.21 Å². The Morgan fingerprint density at radius 3 is 2.60 bits per heavy atom. The van der Waals surface area contributed by atoms with Crippen LogP contribution in [0.5, 0.6) is 0 Å². The maximum absolute atomic E-state index is 11.5. The van der Waals surface area contributed by atoms with E-state index >= 15 is 0 Å². The molecule has 0 aliphatic carbocycles. The lowest BCUT2D eigenvalue weighted by Gasteiger charge is -2.05. The minimum atomic E-state index is -0.671. The number of hydrogen-bond acceptors (Lipinski definition) is 3. The molecule has 0 atom stereocenters. The standard InChI is InChI=1S/C9H9BrN2O3/c10-7-4-2-1-3-6(7)9(14)11-5-8(13)12-15/h1-4,15H,5H2,(H,11,14)(H,12,13). The Labute approximate surface area is 94.6 Å². The number of rotatable bonds is 3. The molecule has 0 heterocycles. The zero-order valence-corrected chi connectivity index (χ0v) is 9.24. The number of carbonyl (C=O) groups is 2. The van der Waals surface area contributed by atoms with Crippen LogP contribution in [0, 0.1) is 0 Å². The molecular weight excluding hydrogens is 264 g/mol. The van der Waals surface area contributed by atoms with Crippen LogP contribution in [0.4, 0.5) is 0 Å². The molecule has 0 aromatic heterocycles. The summed E-state index contributed by atoms with van der Waals surface area (Å²) in [7, 11) is 0. The van der Waals surface area contributed by atoms with Crippen molar-refractivity contribution in [2.24, 2.45) is 0 Å². The molecule has 0 aliphatic heterocycles. The van der Waals surface area contributed by atoms with Gasteiger partial charge in [0.1, 0.15) is 0 Å². The van der Waals surface area contributed by atoms with E-state index in [1.807, 2.05) is 0 Å². The van der Waals surface area contributed by atoms with E-state index in [2.05, 4.69) is 21.2 Å². The maximum Gasteiger partial charge on any atom is 0.262 e. The zero-order valence-electron chi connectivity index (χ0n) is 7.66. The molecule has 80 valence electrons. The van der Waals surface area contributed by atoms with E-state index in [9.17, 15) is 9.59 Å². The molecular formula is C9H9BrN2O3. The zero-order chi connectivity index (χ0) is 11.3. The second-order valence-corrected chi connectivity index (χ2v) is 3.55. The molecule has 0 bridgehead atoms. The summed E-state index contributed by atoms with van der Waals surface area (Å²) in [6, 6.07) is 6.84. The summed E-state index contributed by atoms with van der Waals surface area (Å²) < 4.78 is 0.645. The van der Waals surface area contributed by atoms with Gasteiger partial charge in [0.05, 0.1) is 12.1 Å². The molecule has 0 aliphatic rings. The Morgan fingerprint density at radius 1 is 1.33 bits per heavy atom. The fourth-order valence-corrected chi connectivity index (χ4v) is 1.41. The average Bonchev–Trinajstić information content (AvgIpc) is 2.26. The quantitative estimate of drug-likeness (QED) is 0.560. The van der Waals surface area contributed by atoms with Gasteiger partial charge < -0.3 is 5.32 Å². The van der Waals surface area contributed by atoms with Crippen LogP contribution in [0.3, 0.4) is 0 Å². The van der Waals surface area contributed by atoms with Crippen molar-refractivity contribution in [3.8, 4) is 0 Å². The lowest BCUT2D eigenvalue weighted by Crippen LogP contribution is -2.35. The van der Waals surface area contributed by atoms with E-state index in [0.29, 0.717) is 10.0 Å². The molecule has 1 rings (SSSR count). The van der Waals surface area contributed by atoms with Crippen molar-refractivity contribution in [3.63, 3.8) is 0 Å². The number of hydrogen-bond donors (Lipinski definition) is 3. The van der Waals surface area contributed by atoms with Crippen molar-refractivity contribution in [2.75, 3.05) is 6.54 Å². The van der Waals surface area contributed by atoms with Gasteiger partial charge in [0.2, 0.25) is 0 Å². The first-order valence-electron chi connectivity index (χ1n) is 4.11. The highest BCUT2D eigenvalue weighted by Crippen LogP contribution is 2.15. The third-order valence-corrected chi connectivity index (χ3v) is 2.34. The van der Waals surface area contributed by atoms with Gasteiger partial charge in [-0.1, -0.05) is 12.1 Å². The Kier molecular flexibility index (Phi) is 4.26. The molecule has 3 N–H and O–H groups in total. The molecule has 5 nitrogen and oxygen atoms in total. The van der Waals surface area contributed by atoms with Gasteiger partial charge >= 0.3 is 0 Å². The first kappa shape index (κ1) is 11.7. The minimum absolute atomic E-state index is 0.267. The third-order valence-electron chi connectivity index (χ3n) is 1.65. The fourth-order valence-electron chi connectivity index (χ4n) is 0.941. The molecule has 0 saturated carbocycles. The molecule has 0 fully saturated rings. The number of benzene rings is 1. The van der Waals surface area contributed by atoms with Crippen LogP contribution in [0.2, 0.25) is 0 Å². The van der Waals surface area contributed by atoms with Crippen LogP contribution in [0.1, 0.15) is 10.4 Å². The first-order valence-corrected chi connectivity index (χ1v) is 4.90. The van der Waals surface area contributed by atoms with E-state index < -0.39 is 5.91 Å². The number of carbonyl (C=O) groups excluding carboxylic acids is 2. The van der Waals surface area contributed by atoms with E-state index in [0.717, 1.165) is 0 Å². The van der Waals surface area contributed by atoms with Gasteiger partial charge in [-0.05, 0) is 28.1 Å². The van der Waals surface area contributed by atoms with Crippen molar-refractivity contribution >= 4 is 27.7 Å². The minimum Gasteiger partial charge on any atom is -0.343 e. The lowest BCUT2D eigenvalue weighted by molar-refractivity contribution is -0.128. The van der Waals surface area contributed by atoms with Gasteiger partial charge in [-0.25, -0.2) is 5.48 Å². The van der Waals surface area contributed by atoms with Crippen molar-refractivity contribution in [1.82, 2.24) is 10.8 Å². The highest BCUT2D eigenvalue weighted by Gasteiger charge is 2.09. The second-order valence-electron chi connectivity index (χ2n) is 2.70. The third kappa shape index (κ3) is 3.34. The summed E-state index contributed by atoms with van der Waals surface area (Å²) in [4.78, 5) is 22.1. The number of hydroxylamine groups is 1. The number of nitrogens with one attached hydrogen (secondary N) is 2. The Hall–Kier alpha value is -1.40. The summed E-state index contributed by atoms with van der Waals surface area (Å²) in [5.41, 5.74) is 1.85. The topological polar surface area (TPSA) is 78.4 Å². The van der Waals surface area contributed by atoms with Crippen LogP contribution >= 0.6 is 15.9 Å². The van der Waals surface area contributed by atoms with Gasteiger partial charge in [-0.15, -0.1) is 0 Å². The molecule has 15 heavy (non-hydrogen) atoms. The summed E-state index contributed by atoms with van der Waals surface area (Å²) in [5.74, 6) is -1.05. The van der Waals surface area contributed by atoms with E-state index in [-0.39, 0.29) is 12.5 Å². The highest BCUT2D eigenvalue weighted by atomic mass is 79.9. The summed E-state index contributed by atoms with van der Waals surface area (Å²) in [6.07, 6.45) is 0. The number of halogens is 1. The molecule has 0 spiro atoms. The molecule has 1 aromatic rings. The first-order chi connectivity index (χ1) is 7.15. The molecule has 6 heteroatoms. The van der Waals surface area contributed by atoms with Crippen molar-refractivity contribution < 1.29 is 14.8 Å². The Balaban J connectivity index is 2.62. The molecule has 0 unspecified atom stereocenters. The largest absolute Gasteiger partial charge is 0.343 e. The predicted molar refractivity (Wildman–Crippen MR) is 56.4 cm³/mol. The average molecular weight is 273 g/mol. The van der Waals surface area contributed by atoms with E-state index in [1.54, 1.807) is 24.3 Å². The van der Waals surface area contributed by atoms with Gasteiger partial charge in [0, 0.05) is 4.47 Å². The number of amides is 2. The summed E-state index contributed by atoms with van der Waals surface area (Å²) >= 11 is 3.21. The van der Waals surface area contributed by atoms with Crippen LogP contribution in [0.15, 0.2) is 28.7 Å². The van der Waals surface area contributed by atoms with Crippen LogP contribution in [0.25, 0.3) is 0 Å². The van der Waals surface area contributed by atoms with Crippen molar-refractivity contribution in [3.05, 3.63) is 34.3 Å². The second kappa shape index (κ2) is 5.47. The Bertz CT molecular complexity index is 381. The van der Waals surface area contributed by atoms with Gasteiger partial charge in [0.25, 0.3) is 11.8 Å². The van der Waals surface area contributed by atoms with Gasteiger partial charge in [0.15, 0.2) is 0 Å². The molecule has 2 amide bonds. The van der Waals surface area contributed by atoms with Crippen molar-refractivity contribution in [1.29, 1.82) is 0 Å². The normalized spacial score (nSPS) is 9.47. The van der Waals surface area contributed by atoms with E-state index in [1.165, 1.54) is 5.48 Å². The van der Waals surface area contributed by atoms with Crippen molar-refractivity contribution in [2.45, 2.75) is 0 Å². The maximum atomic E-state index is 11.5. The molecule has 0 saturated heterocycles. The van der Waals surface area contributed by atoms with Gasteiger partial charge in [-0.2, -0.15) is 0 Å². The summed E-state index contributed by atoms with van der Waals surface area (Å²) in [5, 5.41) is 10.6. The molecule has 0 radical (unpaired) electrons. The van der Waals surface area contributed by atoms with Gasteiger partial charge in [-0.3, -0.25) is 14.8 Å². The smallest absolute Gasteiger partial charge is 0.262 e. The highest BCUT2D eigenvalue weighted by molar-refractivity contribution is 9.10. The van der Waals surface area contributed by atoms with Crippen LogP contribution in [-0.2, 0) is 4.79 Å².